The predicted molar refractivity (Wildman–Crippen MR) is 90.7 cm³/mol. The molecule has 0 fully saturated rings. The highest BCUT2D eigenvalue weighted by Gasteiger charge is 2.22. The van der Waals surface area contributed by atoms with Gasteiger partial charge in [0, 0.05) is 17.2 Å². The molecule has 2 heterocycles. The molecule has 21 heavy (non-hydrogen) atoms. The van der Waals surface area contributed by atoms with Gasteiger partial charge in [-0.05, 0) is 37.6 Å². The molecule has 0 bridgehead atoms. The van der Waals surface area contributed by atoms with Crippen LogP contribution in [0.2, 0.25) is 0 Å². The molecule has 0 amide bonds. The fourth-order valence-electron chi connectivity index (χ4n) is 2.39. The van der Waals surface area contributed by atoms with Crippen LogP contribution in [-0.4, -0.2) is 34.8 Å². The Bertz CT molecular complexity index is 482. The van der Waals surface area contributed by atoms with Gasteiger partial charge in [0.1, 0.15) is 0 Å². The molecule has 5 heteroatoms. The molecular formula is C16H23NO2S2. The van der Waals surface area contributed by atoms with Crippen molar-refractivity contribution in [1.82, 2.24) is 4.90 Å². The molecule has 0 saturated carbocycles. The Morgan fingerprint density at radius 1 is 1.33 bits per heavy atom. The lowest BCUT2D eigenvalue weighted by atomic mass is 10.1. The highest BCUT2D eigenvalue weighted by Crippen LogP contribution is 2.35. The zero-order chi connectivity index (χ0) is 15.1. The lowest BCUT2D eigenvalue weighted by molar-refractivity contribution is 0.0962. The van der Waals surface area contributed by atoms with E-state index in [4.69, 9.17) is 5.11 Å². The molecule has 3 nitrogen and oxygen atoms in total. The summed E-state index contributed by atoms with van der Waals surface area (Å²) < 4.78 is 0. The third kappa shape index (κ3) is 4.87. The number of thiophene rings is 1. The normalized spacial score (nSPS) is 15.0. The van der Waals surface area contributed by atoms with E-state index in [1.165, 1.54) is 34.8 Å². The summed E-state index contributed by atoms with van der Waals surface area (Å²) in [5.74, 6) is 1.11. The van der Waals surface area contributed by atoms with Crippen molar-refractivity contribution in [2.75, 3.05) is 19.0 Å². The van der Waals surface area contributed by atoms with Crippen LogP contribution < -0.4 is 0 Å². The molecular weight excluding hydrogens is 302 g/mol. The van der Waals surface area contributed by atoms with E-state index in [9.17, 15) is 4.79 Å². The quantitative estimate of drug-likeness (QED) is 0.548. The van der Waals surface area contributed by atoms with Gasteiger partial charge in [-0.15, -0.1) is 23.1 Å². The minimum Gasteiger partial charge on any atom is -0.396 e. The van der Waals surface area contributed by atoms with E-state index in [0.717, 1.165) is 30.0 Å². The molecule has 0 spiro atoms. The van der Waals surface area contributed by atoms with Crippen LogP contribution >= 0.6 is 23.1 Å². The second-order valence-electron chi connectivity index (χ2n) is 5.27. The number of carbonyl (C=O) groups is 1. The Morgan fingerprint density at radius 3 is 2.86 bits per heavy atom. The van der Waals surface area contributed by atoms with Gasteiger partial charge in [0.05, 0.1) is 17.3 Å². The molecule has 0 unspecified atom stereocenters. The third-order valence-corrected chi connectivity index (χ3v) is 5.91. The Hall–Kier alpha value is -0.780. The minimum atomic E-state index is 0.217. The summed E-state index contributed by atoms with van der Waals surface area (Å²) in [7, 11) is 0. The maximum absolute atomic E-state index is 12.2. The summed E-state index contributed by atoms with van der Waals surface area (Å²) >= 11 is 3.39. The summed E-state index contributed by atoms with van der Waals surface area (Å²) in [6.45, 7) is 2.92. The van der Waals surface area contributed by atoms with Crippen LogP contribution in [-0.2, 0) is 0 Å². The first-order valence-corrected chi connectivity index (χ1v) is 9.34. The molecule has 0 aliphatic carbocycles. The van der Waals surface area contributed by atoms with Crippen molar-refractivity contribution in [3.63, 3.8) is 0 Å². The average molecular weight is 325 g/mol. The largest absolute Gasteiger partial charge is 0.396 e. The van der Waals surface area contributed by atoms with Crippen molar-refractivity contribution in [2.45, 2.75) is 39.0 Å². The lowest BCUT2D eigenvalue weighted by Crippen LogP contribution is -2.25. The zero-order valence-corrected chi connectivity index (χ0v) is 14.1. The number of nitrogens with zero attached hydrogens (tertiary/aromatic N) is 1. The second kappa shape index (κ2) is 8.61. The van der Waals surface area contributed by atoms with Gasteiger partial charge in [-0.2, -0.15) is 0 Å². The highest BCUT2D eigenvalue weighted by atomic mass is 32.2. The van der Waals surface area contributed by atoms with Crippen molar-refractivity contribution in [1.29, 1.82) is 0 Å². The summed E-state index contributed by atoms with van der Waals surface area (Å²) in [6.07, 6.45) is 5.46. The second-order valence-corrected chi connectivity index (χ2v) is 7.26. The van der Waals surface area contributed by atoms with Crippen LogP contribution in [0.4, 0.5) is 0 Å². The molecule has 1 aliphatic heterocycles. The number of carbonyl (C=O) groups excluding carboxylic acids is 1. The first kappa shape index (κ1) is 16.6. The van der Waals surface area contributed by atoms with E-state index >= 15 is 0 Å². The monoisotopic (exact) mass is 325 g/mol. The molecule has 1 aromatic heterocycles. The molecule has 0 atom stereocenters. The molecule has 1 N–H and O–H groups in total. The van der Waals surface area contributed by atoms with Crippen molar-refractivity contribution < 1.29 is 9.90 Å². The molecule has 2 rings (SSSR count). The van der Waals surface area contributed by atoms with E-state index in [1.54, 1.807) is 0 Å². The molecule has 1 aliphatic rings. The number of hydrogen-bond acceptors (Lipinski definition) is 5. The van der Waals surface area contributed by atoms with E-state index in [2.05, 4.69) is 11.8 Å². The van der Waals surface area contributed by atoms with Gasteiger partial charge in [-0.25, -0.2) is 0 Å². The number of unbranched alkanes of at least 4 members (excludes halogenated alkanes) is 3. The van der Waals surface area contributed by atoms with E-state index < -0.39 is 0 Å². The van der Waals surface area contributed by atoms with Crippen molar-refractivity contribution in [2.24, 2.45) is 0 Å². The number of ketones is 1. The van der Waals surface area contributed by atoms with Crippen LogP contribution in [0.5, 0.6) is 0 Å². The van der Waals surface area contributed by atoms with Crippen LogP contribution in [0.15, 0.2) is 28.1 Å². The maximum Gasteiger partial charge on any atom is 0.191 e. The summed E-state index contributed by atoms with van der Waals surface area (Å²) in [6, 6.07) is 3.83. The number of allylic oxidation sites excluding steroid dienone is 2. The van der Waals surface area contributed by atoms with Crippen LogP contribution in [0.25, 0.3) is 0 Å². The summed E-state index contributed by atoms with van der Waals surface area (Å²) in [5, 5.41) is 10.7. The number of aliphatic hydroxyl groups excluding tert-OH is 1. The fourth-order valence-corrected chi connectivity index (χ4v) is 4.27. The van der Waals surface area contributed by atoms with Gasteiger partial charge in [0.25, 0.3) is 0 Å². The van der Waals surface area contributed by atoms with Gasteiger partial charge in [-0.1, -0.05) is 18.9 Å². The first-order valence-electron chi connectivity index (χ1n) is 7.47. The standard InChI is InChI=1S/C16H23NO2S2/c1-13-15(7-4-2-3-5-9-18)21-12-17(13)11-14(19)16-8-6-10-20-16/h6,8,10,18H,2-5,7,9,11-12H2,1H3. The van der Waals surface area contributed by atoms with Gasteiger partial charge in [-0.3, -0.25) is 4.79 Å². The highest BCUT2D eigenvalue weighted by molar-refractivity contribution is 8.03. The molecule has 116 valence electrons. The number of hydrogen-bond donors (Lipinski definition) is 1. The van der Waals surface area contributed by atoms with Gasteiger partial charge in [0.15, 0.2) is 5.78 Å². The van der Waals surface area contributed by atoms with E-state index in [1.807, 2.05) is 29.3 Å². The molecule has 0 aromatic carbocycles. The zero-order valence-electron chi connectivity index (χ0n) is 12.5. The summed E-state index contributed by atoms with van der Waals surface area (Å²) in [4.78, 5) is 16.6. The third-order valence-electron chi connectivity index (χ3n) is 3.71. The number of thioether (sulfide) groups is 1. The predicted octanol–water partition coefficient (Wildman–Crippen LogP) is 4.11. The molecule has 0 radical (unpaired) electrons. The van der Waals surface area contributed by atoms with Gasteiger partial charge < -0.3 is 10.0 Å². The van der Waals surface area contributed by atoms with Crippen LogP contribution in [0.1, 0.15) is 48.7 Å². The van der Waals surface area contributed by atoms with Gasteiger partial charge >= 0.3 is 0 Å². The SMILES string of the molecule is CC1=C(CCCCCCO)SCN1CC(=O)c1cccs1. The van der Waals surface area contributed by atoms with Crippen molar-refractivity contribution in [3.05, 3.63) is 33.0 Å². The topological polar surface area (TPSA) is 40.5 Å². The smallest absolute Gasteiger partial charge is 0.191 e. The van der Waals surface area contributed by atoms with Crippen LogP contribution in [0.3, 0.4) is 0 Å². The Morgan fingerprint density at radius 2 is 2.14 bits per heavy atom. The van der Waals surface area contributed by atoms with Crippen LogP contribution in [0, 0.1) is 0 Å². The fraction of sp³-hybridized carbons (Fsp3) is 0.562. The maximum atomic E-state index is 12.2. The Labute approximate surface area is 135 Å². The first-order chi connectivity index (χ1) is 10.2. The van der Waals surface area contributed by atoms with Crippen molar-refractivity contribution >= 4 is 28.9 Å². The Kier molecular flexibility index (Phi) is 6.80. The number of aliphatic hydroxyl groups is 1. The average Bonchev–Trinajstić information content (AvgIpc) is 3.11. The summed E-state index contributed by atoms with van der Waals surface area (Å²) in [5.41, 5.74) is 1.27. The number of Topliss-reactive ketones (excluding diaryl/α,β-unsaturated/α-hetero) is 1. The molecule has 1 aromatic rings. The number of rotatable bonds is 9. The van der Waals surface area contributed by atoms with Crippen molar-refractivity contribution in [3.8, 4) is 0 Å². The van der Waals surface area contributed by atoms with E-state index in [0.29, 0.717) is 13.2 Å². The van der Waals surface area contributed by atoms with E-state index in [-0.39, 0.29) is 5.78 Å². The lowest BCUT2D eigenvalue weighted by Gasteiger charge is -2.17. The Balaban J connectivity index is 1.79. The molecule has 0 saturated heterocycles. The van der Waals surface area contributed by atoms with Gasteiger partial charge in [0.2, 0.25) is 0 Å². The minimum absolute atomic E-state index is 0.217.